The van der Waals surface area contributed by atoms with Gasteiger partial charge in [0.25, 0.3) is 5.91 Å². The molecule has 1 aliphatic rings. The lowest BCUT2D eigenvalue weighted by molar-refractivity contribution is 0.0738. The van der Waals surface area contributed by atoms with E-state index >= 15 is 0 Å². The summed E-state index contributed by atoms with van der Waals surface area (Å²) < 4.78 is 0. The van der Waals surface area contributed by atoms with Gasteiger partial charge in [-0.2, -0.15) is 0 Å². The molecule has 148 valence electrons. The van der Waals surface area contributed by atoms with Crippen molar-refractivity contribution in [3.05, 3.63) is 89.6 Å². The summed E-state index contributed by atoms with van der Waals surface area (Å²) in [6.07, 6.45) is 3.18. The molecule has 2 heterocycles. The zero-order valence-electron chi connectivity index (χ0n) is 16.6. The molecular weight excluding hydrogens is 360 g/mol. The molecule has 29 heavy (non-hydrogen) atoms. The van der Waals surface area contributed by atoms with E-state index in [9.17, 15) is 4.79 Å². The number of rotatable bonds is 7. The number of hydrogen-bond donors (Lipinski definition) is 0. The van der Waals surface area contributed by atoms with E-state index in [1.165, 1.54) is 18.4 Å². The first-order valence-corrected chi connectivity index (χ1v) is 10.3. The normalized spacial score (nSPS) is 13.4. The zero-order valence-corrected chi connectivity index (χ0v) is 16.6. The largest absolute Gasteiger partial charge is 0.355 e. The Hall–Kier alpha value is -3.21. The van der Waals surface area contributed by atoms with E-state index in [0.717, 1.165) is 30.9 Å². The Balaban J connectivity index is 1.49. The Kier molecular flexibility index (Phi) is 6.15. The van der Waals surface area contributed by atoms with Crippen molar-refractivity contribution >= 4 is 11.7 Å². The van der Waals surface area contributed by atoms with E-state index in [0.29, 0.717) is 18.8 Å². The maximum atomic E-state index is 13.2. The highest BCUT2D eigenvalue weighted by Gasteiger charge is 2.20. The average Bonchev–Trinajstić information content (AvgIpc) is 3.33. The van der Waals surface area contributed by atoms with Gasteiger partial charge in [0.1, 0.15) is 0 Å². The smallest absolute Gasteiger partial charge is 0.274 e. The van der Waals surface area contributed by atoms with Crippen molar-refractivity contribution in [2.45, 2.75) is 25.8 Å². The molecular formula is C24H26N4O. The predicted octanol–water partition coefficient (Wildman–Crippen LogP) is 3.96. The van der Waals surface area contributed by atoms with Gasteiger partial charge in [0, 0.05) is 26.2 Å². The van der Waals surface area contributed by atoms with E-state index in [4.69, 9.17) is 0 Å². The molecule has 0 saturated carbocycles. The van der Waals surface area contributed by atoms with Crippen LogP contribution in [0.1, 0.15) is 34.5 Å². The van der Waals surface area contributed by atoms with Crippen molar-refractivity contribution in [1.82, 2.24) is 15.1 Å². The van der Waals surface area contributed by atoms with Gasteiger partial charge >= 0.3 is 0 Å². The standard InChI is InChI=1S/C24H26N4O/c29-24(22-13-14-23(26-25-22)27-16-7-8-17-27)28(19-21-11-5-2-6-12-21)18-15-20-9-3-1-4-10-20/h1-6,9-14H,7-8,15-19H2. The molecule has 1 fully saturated rings. The molecule has 0 N–H and O–H groups in total. The van der Waals surface area contributed by atoms with Crippen LogP contribution >= 0.6 is 0 Å². The number of amides is 1. The molecule has 0 spiro atoms. The Morgan fingerprint density at radius 2 is 1.48 bits per heavy atom. The van der Waals surface area contributed by atoms with Gasteiger partial charge in [-0.3, -0.25) is 4.79 Å². The second-order valence-electron chi connectivity index (χ2n) is 7.42. The van der Waals surface area contributed by atoms with Crippen LogP contribution in [0, 0.1) is 0 Å². The van der Waals surface area contributed by atoms with Crippen molar-refractivity contribution in [3.8, 4) is 0 Å². The number of benzene rings is 2. The number of anilines is 1. The van der Waals surface area contributed by atoms with E-state index in [-0.39, 0.29) is 5.91 Å². The van der Waals surface area contributed by atoms with Crippen molar-refractivity contribution in [2.24, 2.45) is 0 Å². The maximum absolute atomic E-state index is 13.2. The van der Waals surface area contributed by atoms with Crippen molar-refractivity contribution in [1.29, 1.82) is 0 Å². The van der Waals surface area contributed by atoms with Gasteiger partial charge in [-0.25, -0.2) is 0 Å². The zero-order chi connectivity index (χ0) is 19.9. The molecule has 0 atom stereocenters. The predicted molar refractivity (Wildman–Crippen MR) is 115 cm³/mol. The van der Waals surface area contributed by atoms with Crippen molar-refractivity contribution in [3.63, 3.8) is 0 Å². The second-order valence-corrected chi connectivity index (χ2v) is 7.42. The molecule has 0 aliphatic carbocycles. The first-order chi connectivity index (χ1) is 14.3. The third-order valence-electron chi connectivity index (χ3n) is 5.32. The van der Waals surface area contributed by atoms with Crippen LogP contribution in [0.4, 0.5) is 5.82 Å². The minimum absolute atomic E-state index is 0.0785. The Morgan fingerprint density at radius 1 is 0.828 bits per heavy atom. The summed E-state index contributed by atoms with van der Waals surface area (Å²) in [5.41, 5.74) is 2.72. The fourth-order valence-corrected chi connectivity index (χ4v) is 3.68. The molecule has 3 aromatic rings. The van der Waals surface area contributed by atoms with Gasteiger partial charge in [-0.05, 0) is 42.5 Å². The summed E-state index contributed by atoms with van der Waals surface area (Å²) in [4.78, 5) is 17.3. The Labute approximate surface area is 172 Å². The van der Waals surface area contributed by atoms with E-state index in [2.05, 4.69) is 27.2 Å². The monoisotopic (exact) mass is 386 g/mol. The number of aromatic nitrogens is 2. The highest BCUT2D eigenvalue weighted by molar-refractivity contribution is 5.92. The third kappa shape index (κ3) is 4.99. The van der Waals surface area contributed by atoms with Crippen LogP contribution in [0.25, 0.3) is 0 Å². The molecule has 0 radical (unpaired) electrons. The Morgan fingerprint density at radius 3 is 2.10 bits per heavy atom. The topological polar surface area (TPSA) is 49.3 Å². The van der Waals surface area contributed by atoms with E-state index in [1.54, 1.807) is 0 Å². The molecule has 1 saturated heterocycles. The lowest BCUT2D eigenvalue weighted by atomic mass is 10.1. The van der Waals surface area contributed by atoms with Gasteiger partial charge in [0.15, 0.2) is 11.5 Å². The van der Waals surface area contributed by atoms with Crippen molar-refractivity contribution in [2.75, 3.05) is 24.5 Å². The number of carbonyl (C=O) groups is 1. The van der Waals surface area contributed by atoms with Gasteiger partial charge in [-0.1, -0.05) is 60.7 Å². The summed E-state index contributed by atoms with van der Waals surface area (Å²) >= 11 is 0. The van der Waals surface area contributed by atoms with Gasteiger partial charge in [-0.15, -0.1) is 10.2 Å². The fourth-order valence-electron chi connectivity index (χ4n) is 3.68. The molecule has 1 aliphatic heterocycles. The fraction of sp³-hybridized carbons (Fsp3) is 0.292. The molecule has 5 nitrogen and oxygen atoms in total. The summed E-state index contributed by atoms with van der Waals surface area (Å²) in [6.45, 7) is 3.22. The minimum atomic E-state index is -0.0785. The molecule has 1 aromatic heterocycles. The summed E-state index contributed by atoms with van der Waals surface area (Å²) in [7, 11) is 0. The quantitative estimate of drug-likeness (QED) is 0.617. The van der Waals surface area contributed by atoms with Crippen LogP contribution in [-0.4, -0.2) is 40.6 Å². The summed E-state index contributed by atoms with van der Waals surface area (Å²) in [6, 6.07) is 24.1. The summed E-state index contributed by atoms with van der Waals surface area (Å²) in [5, 5.41) is 8.58. The molecule has 0 bridgehead atoms. The van der Waals surface area contributed by atoms with Crippen LogP contribution in [0.2, 0.25) is 0 Å². The van der Waals surface area contributed by atoms with E-state index in [1.807, 2.05) is 65.6 Å². The van der Waals surface area contributed by atoms with Crippen molar-refractivity contribution < 1.29 is 4.79 Å². The highest BCUT2D eigenvalue weighted by Crippen LogP contribution is 2.17. The number of nitrogens with zero attached hydrogens (tertiary/aromatic N) is 4. The molecule has 0 unspecified atom stereocenters. The van der Waals surface area contributed by atoms with Crippen LogP contribution < -0.4 is 4.90 Å². The highest BCUT2D eigenvalue weighted by atomic mass is 16.2. The Bertz CT molecular complexity index is 907. The molecule has 4 rings (SSSR count). The first-order valence-electron chi connectivity index (χ1n) is 10.3. The molecule has 2 aromatic carbocycles. The lowest BCUT2D eigenvalue weighted by Gasteiger charge is -2.23. The first kappa shape index (κ1) is 19.1. The maximum Gasteiger partial charge on any atom is 0.274 e. The SMILES string of the molecule is O=C(c1ccc(N2CCCC2)nn1)N(CCc1ccccc1)Cc1ccccc1. The lowest BCUT2D eigenvalue weighted by Crippen LogP contribution is -2.33. The minimum Gasteiger partial charge on any atom is -0.355 e. The van der Waals surface area contributed by atoms with Crippen LogP contribution in [-0.2, 0) is 13.0 Å². The average molecular weight is 386 g/mol. The van der Waals surface area contributed by atoms with Crippen LogP contribution in [0.15, 0.2) is 72.8 Å². The number of carbonyl (C=O) groups excluding carboxylic acids is 1. The van der Waals surface area contributed by atoms with Crippen LogP contribution in [0.5, 0.6) is 0 Å². The second kappa shape index (κ2) is 9.32. The van der Waals surface area contributed by atoms with Gasteiger partial charge in [0.05, 0.1) is 0 Å². The van der Waals surface area contributed by atoms with Gasteiger partial charge < -0.3 is 9.80 Å². The van der Waals surface area contributed by atoms with E-state index < -0.39 is 0 Å². The number of hydrogen-bond acceptors (Lipinski definition) is 4. The van der Waals surface area contributed by atoms with Crippen LogP contribution in [0.3, 0.4) is 0 Å². The molecule has 1 amide bonds. The molecule has 5 heteroatoms. The van der Waals surface area contributed by atoms with Gasteiger partial charge in [0.2, 0.25) is 0 Å². The summed E-state index contributed by atoms with van der Waals surface area (Å²) in [5.74, 6) is 0.781. The third-order valence-corrected chi connectivity index (χ3v) is 5.32.